The van der Waals surface area contributed by atoms with Gasteiger partial charge in [-0.2, -0.15) is 18.2 Å². The Labute approximate surface area is 99.0 Å². The Balaban J connectivity index is 0.000000246. The zero-order valence-electron chi connectivity index (χ0n) is 7.35. The van der Waals surface area contributed by atoms with Crippen LogP contribution in [-0.2, 0) is 16.8 Å². The van der Waals surface area contributed by atoms with Crippen molar-refractivity contribution in [2.24, 2.45) is 0 Å². The van der Waals surface area contributed by atoms with Gasteiger partial charge in [0.15, 0.2) is 5.22 Å². The first-order chi connectivity index (χ1) is 6.30. The third-order valence-electron chi connectivity index (χ3n) is 1.46. The van der Waals surface area contributed by atoms with E-state index < -0.39 is 0 Å². The van der Waals surface area contributed by atoms with Crippen molar-refractivity contribution in [1.29, 1.82) is 0 Å². The molecule has 0 aromatic heterocycles. The summed E-state index contributed by atoms with van der Waals surface area (Å²) in [7, 11) is 0. The molecule has 1 aromatic rings. The molecule has 0 unspecified atom stereocenters. The second-order valence-corrected chi connectivity index (χ2v) is 2.78. The van der Waals surface area contributed by atoms with Crippen molar-refractivity contribution in [2.75, 3.05) is 0 Å². The summed E-state index contributed by atoms with van der Waals surface area (Å²) in [5.74, 6) is 0. The molecule has 14 heavy (non-hydrogen) atoms. The molecule has 0 aliphatic heterocycles. The fraction of sp³-hybridized carbons (Fsp3) is 0. The SMILES string of the molecule is OC(Cl)=C1C=CC=C1.[Co].c1cc[cH-]c1. The van der Waals surface area contributed by atoms with Crippen LogP contribution < -0.4 is 0 Å². The fourth-order valence-corrected chi connectivity index (χ4v) is 0.958. The maximum absolute atomic E-state index is 8.59. The molecule has 0 heterocycles. The van der Waals surface area contributed by atoms with Crippen LogP contribution in [0, 0.1) is 0 Å². The number of hydrogen-bond donors (Lipinski definition) is 1. The van der Waals surface area contributed by atoms with Crippen LogP contribution in [0.5, 0.6) is 0 Å². The summed E-state index contributed by atoms with van der Waals surface area (Å²) >= 11 is 5.22. The van der Waals surface area contributed by atoms with Gasteiger partial charge in [0, 0.05) is 22.4 Å². The number of hydrogen-bond acceptors (Lipinski definition) is 1. The van der Waals surface area contributed by atoms with Crippen LogP contribution in [0.1, 0.15) is 0 Å². The minimum atomic E-state index is -0.144. The molecule has 77 valence electrons. The standard InChI is InChI=1S/C6H5ClO.C5H5.Co/c7-6(8)5-3-1-2-4-5;1-2-4-5-3-1;/h1-4,8H;1-5H;/q;-1;. The van der Waals surface area contributed by atoms with Gasteiger partial charge in [0.05, 0.1) is 0 Å². The van der Waals surface area contributed by atoms with Crippen molar-refractivity contribution in [3.63, 3.8) is 0 Å². The van der Waals surface area contributed by atoms with Crippen molar-refractivity contribution < 1.29 is 21.9 Å². The average molecular weight is 253 g/mol. The van der Waals surface area contributed by atoms with Crippen LogP contribution in [-0.4, -0.2) is 5.11 Å². The van der Waals surface area contributed by atoms with E-state index in [2.05, 4.69) is 0 Å². The number of aliphatic hydroxyl groups excluding tert-OH is 1. The summed E-state index contributed by atoms with van der Waals surface area (Å²) in [5.41, 5.74) is 0.673. The van der Waals surface area contributed by atoms with Crippen molar-refractivity contribution in [1.82, 2.24) is 0 Å². The number of halogens is 1. The predicted octanol–water partition coefficient (Wildman–Crippen LogP) is 3.52. The van der Waals surface area contributed by atoms with Crippen LogP contribution in [0.4, 0.5) is 0 Å². The molecule has 1 aromatic carbocycles. The molecule has 3 heteroatoms. The Morgan fingerprint density at radius 1 is 1.14 bits per heavy atom. The molecule has 1 aliphatic carbocycles. The zero-order valence-corrected chi connectivity index (χ0v) is 9.15. The topological polar surface area (TPSA) is 20.2 Å². The molecule has 0 saturated carbocycles. The molecule has 1 radical (unpaired) electrons. The Morgan fingerprint density at radius 2 is 1.64 bits per heavy atom. The molecule has 0 amide bonds. The van der Waals surface area contributed by atoms with Gasteiger partial charge in [-0.1, -0.05) is 24.3 Å². The molecular formula is C11H10ClCoO-. The van der Waals surface area contributed by atoms with E-state index in [9.17, 15) is 0 Å². The second-order valence-electron chi connectivity index (χ2n) is 2.43. The predicted molar refractivity (Wildman–Crippen MR) is 55.8 cm³/mol. The van der Waals surface area contributed by atoms with Crippen molar-refractivity contribution >= 4 is 11.6 Å². The van der Waals surface area contributed by atoms with Crippen LogP contribution in [0.3, 0.4) is 0 Å². The summed E-state index contributed by atoms with van der Waals surface area (Å²) in [4.78, 5) is 0. The first kappa shape index (κ1) is 13.2. The van der Waals surface area contributed by atoms with Crippen LogP contribution in [0.15, 0.2) is 65.4 Å². The minimum absolute atomic E-state index is 0. The number of aliphatic hydroxyl groups is 1. The maximum atomic E-state index is 8.59. The van der Waals surface area contributed by atoms with Crippen LogP contribution in [0.25, 0.3) is 0 Å². The van der Waals surface area contributed by atoms with E-state index in [0.29, 0.717) is 5.57 Å². The number of allylic oxidation sites excluding steroid dienone is 5. The van der Waals surface area contributed by atoms with Crippen molar-refractivity contribution in [3.8, 4) is 0 Å². The fourth-order valence-electron chi connectivity index (χ4n) is 0.832. The maximum Gasteiger partial charge on any atom is 0.191 e. The molecule has 0 saturated heterocycles. The van der Waals surface area contributed by atoms with Gasteiger partial charge in [-0.05, 0) is 11.6 Å². The normalized spacial score (nSPS) is 11.6. The molecule has 0 fully saturated rings. The van der Waals surface area contributed by atoms with Gasteiger partial charge in [-0.25, -0.2) is 12.1 Å². The number of rotatable bonds is 0. The quantitative estimate of drug-likeness (QED) is 0.553. The molecule has 1 aliphatic rings. The van der Waals surface area contributed by atoms with E-state index in [4.69, 9.17) is 16.7 Å². The van der Waals surface area contributed by atoms with E-state index in [1.54, 1.807) is 12.2 Å². The molecular weight excluding hydrogens is 243 g/mol. The van der Waals surface area contributed by atoms with Gasteiger partial charge in [0.1, 0.15) is 0 Å². The molecule has 0 spiro atoms. The van der Waals surface area contributed by atoms with E-state index in [0.717, 1.165) is 0 Å². The zero-order chi connectivity index (χ0) is 9.52. The van der Waals surface area contributed by atoms with Crippen LogP contribution in [0.2, 0.25) is 0 Å². The van der Waals surface area contributed by atoms with E-state index in [-0.39, 0.29) is 22.0 Å². The Kier molecular flexibility index (Phi) is 7.11. The van der Waals surface area contributed by atoms with Crippen LogP contribution >= 0.6 is 11.6 Å². The molecule has 1 N–H and O–H groups in total. The van der Waals surface area contributed by atoms with Crippen molar-refractivity contribution in [2.45, 2.75) is 0 Å². The summed E-state index contributed by atoms with van der Waals surface area (Å²) < 4.78 is 0. The smallest absolute Gasteiger partial charge is 0.191 e. The summed E-state index contributed by atoms with van der Waals surface area (Å²) in [6.45, 7) is 0. The van der Waals surface area contributed by atoms with Crippen molar-refractivity contribution in [3.05, 3.63) is 65.4 Å². The second kappa shape index (κ2) is 7.56. The Hall–Kier alpha value is -0.834. The third kappa shape index (κ3) is 5.02. The summed E-state index contributed by atoms with van der Waals surface area (Å²) in [6, 6.07) is 10.0. The van der Waals surface area contributed by atoms with Gasteiger partial charge >= 0.3 is 0 Å². The van der Waals surface area contributed by atoms with Gasteiger partial charge in [-0.15, -0.1) is 0 Å². The van der Waals surface area contributed by atoms with E-state index in [1.165, 1.54) is 0 Å². The first-order valence-corrected chi connectivity index (χ1v) is 4.28. The monoisotopic (exact) mass is 252 g/mol. The molecule has 2 rings (SSSR count). The molecule has 1 nitrogen and oxygen atoms in total. The largest absolute Gasteiger partial charge is 0.498 e. The summed E-state index contributed by atoms with van der Waals surface area (Å²) in [5, 5.41) is 8.45. The molecule has 0 atom stereocenters. The Morgan fingerprint density at radius 3 is 1.86 bits per heavy atom. The first-order valence-electron chi connectivity index (χ1n) is 3.91. The van der Waals surface area contributed by atoms with Gasteiger partial charge < -0.3 is 5.11 Å². The van der Waals surface area contributed by atoms with Gasteiger partial charge in [-0.3, -0.25) is 0 Å². The molecule has 0 bridgehead atoms. The van der Waals surface area contributed by atoms with Gasteiger partial charge in [0.2, 0.25) is 0 Å². The summed E-state index contributed by atoms with van der Waals surface area (Å²) in [6.07, 6.45) is 7.10. The Bertz CT molecular complexity index is 288. The third-order valence-corrected chi connectivity index (χ3v) is 1.67. The average Bonchev–Trinajstić information content (AvgIpc) is 2.82. The minimum Gasteiger partial charge on any atom is -0.498 e. The van der Waals surface area contributed by atoms with E-state index >= 15 is 0 Å². The van der Waals surface area contributed by atoms with Gasteiger partial charge in [0.25, 0.3) is 0 Å². The van der Waals surface area contributed by atoms with E-state index in [1.807, 2.05) is 42.5 Å².